The maximum Gasteiger partial charge on any atom is 0.135 e. The van der Waals surface area contributed by atoms with Crippen LogP contribution in [-0.2, 0) is 0 Å². The minimum Gasteiger partial charge on any atom is -0.456 e. The van der Waals surface area contributed by atoms with Gasteiger partial charge in [0.1, 0.15) is 11.5 Å². The number of fused-ring (bicyclic) bond motifs is 4. The third-order valence-corrected chi connectivity index (χ3v) is 9.40. The monoisotopic (exact) mass is 544 g/mol. The smallest absolute Gasteiger partial charge is 0.135 e. The second-order valence-corrected chi connectivity index (χ2v) is 11.7. The first-order valence-electron chi connectivity index (χ1n) is 14.8. The fourth-order valence-corrected chi connectivity index (χ4v) is 7.49. The van der Waals surface area contributed by atoms with Gasteiger partial charge in [0.2, 0.25) is 0 Å². The number of rotatable bonds is 2. The number of hydrogen-bond donors (Lipinski definition) is 0. The molecule has 0 saturated carbocycles. The Hall–Kier alpha value is -5.66. The molecule has 10 rings (SSSR count). The quantitative estimate of drug-likeness (QED) is 0.197. The molecule has 43 heavy (non-hydrogen) atoms. The van der Waals surface area contributed by atoms with Crippen LogP contribution in [0, 0.1) is 0 Å². The van der Waals surface area contributed by atoms with Crippen molar-refractivity contribution in [2.24, 2.45) is 0 Å². The summed E-state index contributed by atoms with van der Waals surface area (Å²) in [4.78, 5) is 0. The van der Waals surface area contributed by atoms with E-state index in [0.717, 1.165) is 11.5 Å². The summed E-state index contributed by atoms with van der Waals surface area (Å²) in [6.45, 7) is 0. The Morgan fingerprint density at radius 1 is 0.326 bits per heavy atom. The van der Waals surface area contributed by atoms with Gasteiger partial charge >= 0.3 is 0 Å². The molecular weight excluding hydrogens is 520 g/mol. The summed E-state index contributed by atoms with van der Waals surface area (Å²) in [5.41, 5.74) is 7.32. The van der Waals surface area contributed by atoms with Crippen molar-refractivity contribution >= 4 is 53.9 Å². The summed E-state index contributed by atoms with van der Waals surface area (Å²) in [5, 5.41) is 12.7. The van der Waals surface area contributed by atoms with Gasteiger partial charge in [0, 0.05) is 10.9 Å². The Morgan fingerprint density at radius 3 is 1.77 bits per heavy atom. The highest BCUT2D eigenvalue weighted by molar-refractivity contribution is 6.25. The van der Waals surface area contributed by atoms with Crippen molar-refractivity contribution in [2.75, 3.05) is 0 Å². The van der Waals surface area contributed by atoms with Crippen LogP contribution in [0.2, 0.25) is 0 Å². The average molecular weight is 545 g/mol. The van der Waals surface area contributed by atoms with Crippen LogP contribution < -0.4 is 4.74 Å². The molecule has 0 amide bonds. The van der Waals surface area contributed by atoms with E-state index in [0.29, 0.717) is 0 Å². The molecule has 198 valence electrons. The van der Waals surface area contributed by atoms with Crippen molar-refractivity contribution in [3.05, 3.63) is 146 Å². The highest BCUT2D eigenvalue weighted by atomic mass is 16.5. The molecule has 1 aliphatic heterocycles. The molecule has 0 N–H and O–H groups in total. The third-order valence-electron chi connectivity index (χ3n) is 9.40. The second kappa shape index (κ2) is 8.44. The highest BCUT2D eigenvalue weighted by Crippen LogP contribution is 2.51. The van der Waals surface area contributed by atoms with E-state index >= 15 is 0 Å². The summed E-state index contributed by atoms with van der Waals surface area (Å²) in [6.07, 6.45) is 0. The number of ether oxygens (including phenoxy) is 1. The van der Waals surface area contributed by atoms with Crippen LogP contribution in [0.25, 0.3) is 87.2 Å². The van der Waals surface area contributed by atoms with E-state index in [1.807, 2.05) is 0 Å². The van der Waals surface area contributed by atoms with Crippen molar-refractivity contribution in [2.45, 2.75) is 0 Å². The van der Waals surface area contributed by atoms with Crippen LogP contribution in [0.4, 0.5) is 0 Å². The maximum atomic E-state index is 6.55. The molecule has 0 unspecified atom stereocenters. The Bertz CT molecular complexity index is 2570. The van der Waals surface area contributed by atoms with Gasteiger partial charge in [0.15, 0.2) is 0 Å². The van der Waals surface area contributed by atoms with Crippen LogP contribution >= 0.6 is 0 Å². The molecule has 0 atom stereocenters. The van der Waals surface area contributed by atoms with Crippen molar-refractivity contribution in [3.8, 4) is 44.9 Å². The van der Waals surface area contributed by atoms with E-state index in [1.54, 1.807) is 0 Å². The fourth-order valence-electron chi connectivity index (χ4n) is 7.49. The van der Waals surface area contributed by atoms with Crippen molar-refractivity contribution in [1.29, 1.82) is 0 Å². The summed E-state index contributed by atoms with van der Waals surface area (Å²) in [5.74, 6) is 1.84. The Kier molecular flexibility index (Phi) is 4.51. The summed E-state index contributed by atoms with van der Waals surface area (Å²) in [7, 11) is 0. The molecule has 0 spiro atoms. The average Bonchev–Trinajstić information content (AvgIpc) is 3.07. The molecule has 0 saturated heterocycles. The van der Waals surface area contributed by atoms with Crippen LogP contribution in [0.15, 0.2) is 146 Å². The van der Waals surface area contributed by atoms with Crippen molar-refractivity contribution in [3.63, 3.8) is 0 Å². The number of benzene rings is 9. The molecule has 1 heteroatoms. The predicted octanol–water partition coefficient (Wildman–Crippen LogP) is 12.0. The van der Waals surface area contributed by atoms with Gasteiger partial charge in [-0.25, -0.2) is 0 Å². The van der Waals surface area contributed by atoms with Crippen molar-refractivity contribution in [1.82, 2.24) is 0 Å². The lowest BCUT2D eigenvalue weighted by molar-refractivity contribution is 0.488. The summed E-state index contributed by atoms with van der Waals surface area (Å²) >= 11 is 0. The van der Waals surface area contributed by atoms with Crippen molar-refractivity contribution < 1.29 is 4.74 Å². The lowest BCUT2D eigenvalue weighted by atomic mass is 9.86. The van der Waals surface area contributed by atoms with Gasteiger partial charge in [0.25, 0.3) is 0 Å². The van der Waals surface area contributed by atoms with Crippen LogP contribution in [0.1, 0.15) is 0 Å². The molecule has 1 nitrogen and oxygen atoms in total. The molecule has 0 fully saturated rings. The van der Waals surface area contributed by atoms with E-state index in [9.17, 15) is 0 Å². The largest absolute Gasteiger partial charge is 0.456 e. The Balaban J connectivity index is 1.19. The van der Waals surface area contributed by atoms with Gasteiger partial charge in [-0.15, -0.1) is 0 Å². The maximum absolute atomic E-state index is 6.55. The van der Waals surface area contributed by atoms with Crippen LogP contribution in [0.5, 0.6) is 11.5 Å². The first kappa shape index (κ1) is 23.0. The molecule has 9 aromatic rings. The molecule has 0 radical (unpaired) electrons. The molecule has 1 aliphatic rings. The molecule has 0 bridgehead atoms. The second-order valence-electron chi connectivity index (χ2n) is 11.7. The Morgan fingerprint density at radius 2 is 0.907 bits per heavy atom. The van der Waals surface area contributed by atoms with E-state index in [4.69, 9.17) is 4.74 Å². The zero-order chi connectivity index (χ0) is 28.1. The first-order valence-corrected chi connectivity index (χ1v) is 14.8. The number of hydrogen-bond acceptors (Lipinski definition) is 1. The third kappa shape index (κ3) is 3.17. The highest BCUT2D eigenvalue weighted by Gasteiger charge is 2.23. The first-order chi connectivity index (χ1) is 21.3. The summed E-state index contributed by atoms with van der Waals surface area (Å²) < 4.78 is 6.55. The SMILES string of the molecule is c1cc(-c2ccc3c4c(cccc24)Oc2ccc4ccccc4c2-3)cc(-c2ccc3ccc4cccc5ccc2c3c45)c1. The topological polar surface area (TPSA) is 9.23 Å². The van der Waals surface area contributed by atoms with E-state index < -0.39 is 0 Å². The molecule has 1 heterocycles. The van der Waals surface area contributed by atoms with E-state index in [1.165, 1.54) is 87.2 Å². The molecule has 9 aromatic carbocycles. The lowest BCUT2D eigenvalue weighted by Crippen LogP contribution is -1.98. The van der Waals surface area contributed by atoms with Gasteiger partial charge in [-0.3, -0.25) is 0 Å². The summed E-state index contributed by atoms with van der Waals surface area (Å²) in [6, 6.07) is 53.1. The lowest BCUT2D eigenvalue weighted by Gasteiger charge is -2.24. The molecule has 0 aliphatic carbocycles. The zero-order valence-electron chi connectivity index (χ0n) is 23.3. The van der Waals surface area contributed by atoms with E-state index in [2.05, 4.69) is 146 Å². The molecular formula is C42H24O. The molecule has 0 aromatic heterocycles. The fraction of sp³-hybridized carbons (Fsp3) is 0. The van der Waals surface area contributed by atoms with Gasteiger partial charge < -0.3 is 4.74 Å². The standard InChI is InChI=1S/C42H24O/c1-2-11-33-25(6-1)18-23-38-41(33)36-22-21-32(34-12-5-13-37(43-38)42(34)36)30-10-4-9-29(24-30)31-19-16-28-15-14-26-7-3-8-27-17-20-35(31)40(28)39(26)27/h1-24H. The van der Waals surface area contributed by atoms with Crippen LogP contribution in [-0.4, -0.2) is 0 Å². The van der Waals surface area contributed by atoms with Gasteiger partial charge in [-0.1, -0.05) is 127 Å². The Labute approximate surface area is 248 Å². The van der Waals surface area contributed by atoms with Gasteiger partial charge in [-0.05, 0) is 94.5 Å². The predicted molar refractivity (Wildman–Crippen MR) is 182 cm³/mol. The van der Waals surface area contributed by atoms with E-state index in [-0.39, 0.29) is 0 Å². The normalized spacial score (nSPS) is 12.4. The van der Waals surface area contributed by atoms with Crippen LogP contribution in [0.3, 0.4) is 0 Å². The zero-order valence-corrected chi connectivity index (χ0v) is 23.3. The minimum absolute atomic E-state index is 0.917. The minimum atomic E-state index is 0.917. The van der Waals surface area contributed by atoms with Gasteiger partial charge in [-0.2, -0.15) is 0 Å². The van der Waals surface area contributed by atoms with Gasteiger partial charge in [0.05, 0.1) is 0 Å².